The van der Waals surface area contributed by atoms with Crippen LogP contribution in [-0.2, 0) is 10.3 Å². The summed E-state index contributed by atoms with van der Waals surface area (Å²) in [5.41, 5.74) is 1.90. The number of benzene rings is 1. The number of ether oxygens (including phenoxy) is 2. The maximum atomic E-state index is 10.1. The molecule has 0 fully saturated rings. The zero-order valence-electron chi connectivity index (χ0n) is 12.7. The Balaban J connectivity index is 2.15. The minimum Gasteiger partial charge on any atom is -0.491 e. The summed E-state index contributed by atoms with van der Waals surface area (Å²) in [5.74, 6) is 0.808. The van der Waals surface area contributed by atoms with Crippen molar-refractivity contribution in [1.82, 2.24) is 4.98 Å². The Morgan fingerprint density at radius 1 is 1.05 bits per heavy atom. The molecule has 1 N–H and O–H groups in total. The van der Waals surface area contributed by atoms with E-state index < -0.39 is 5.60 Å². The van der Waals surface area contributed by atoms with E-state index in [1.807, 2.05) is 30.3 Å². The monoisotopic (exact) mass is 287 g/mol. The SMILES string of the molecule is COCCOc1ccc(-c2cncc(C(C)(C)O)c2)cc1. The van der Waals surface area contributed by atoms with Crippen LogP contribution in [0, 0.1) is 0 Å². The van der Waals surface area contributed by atoms with Gasteiger partial charge in [0.05, 0.1) is 12.2 Å². The van der Waals surface area contributed by atoms with Crippen LogP contribution in [0.25, 0.3) is 11.1 Å². The molecule has 0 bridgehead atoms. The maximum absolute atomic E-state index is 10.1. The molecule has 1 heterocycles. The first-order valence-electron chi connectivity index (χ1n) is 6.91. The molecule has 0 saturated carbocycles. The predicted octanol–water partition coefficient (Wildman–Crippen LogP) is 3.00. The number of hydrogen-bond donors (Lipinski definition) is 1. The Labute approximate surface area is 125 Å². The van der Waals surface area contributed by atoms with Crippen LogP contribution in [0.15, 0.2) is 42.7 Å². The van der Waals surface area contributed by atoms with E-state index in [0.717, 1.165) is 22.4 Å². The van der Waals surface area contributed by atoms with Crippen LogP contribution < -0.4 is 4.74 Å². The Bertz CT molecular complexity index is 573. The quantitative estimate of drug-likeness (QED) is 0.830. The van der Waals surface area contributed by atoms with Crippen LogP contribution in [0.4, 0.5) is 0 Å². The number of aromatic nitrogens is 1. The topological polar surface area (TPSA) is 51.6 Å². The van der Waals surface area contributed by atoms with Gasteiger partial charge in [-0.25, -0.2) is 0 Å². The largest absolute Gasteiger partial charge is 0.491 e. The predicted molar refractivity (Wildman–Crippen MR) is 82.3 cm³/mol. The second kappa shape index (κ2) is 6.70. The van der Waals surface area contributed by atoms with Crippen molar-refractivity contribution in [1.29, 1.82) is 0 Å². The van der Waals surface area contributed by atoms with E-state index >= 15 is 0 Å². The summed E-state index contributed by atoms with van der Waals surface area (Å²) in [6.45, 7) is 4.60. The van der Waals surface area contributed by atoms with Gasteiger partial charge in [-0.1, -0.05) is 12.1 Å². The Hall–Kier alpha value is -1.91. The highest BCUT2D eigenvalue weighted by molar-refractivity contribution is 5.64. The van der Waals surface area contributed by atoms with Crippen LogP contribution in [0.1, 0.15) is 19.4 Å². The number of rotatable bonds is 6. The normalized spacial score (nSPS) is 11.4. The zero-order chi connectivity index (χ0) is 15.3. The molecule has 1 aromatic heterocycles. The third-order valence-electron chi connectivity index (χ3n) is 3.19. The molecule has 0 saturated heterocycles. The van der Waals surface area contributed by atoms with Gasteiger partial charge in [0.1, 0.15) is 12.4 Å². The molecule has 0 amide bonds. The first kappa shape index (κ1) is 15.5. The summed E-state index contributed by atoms with van der Waals surface area (Å²) in [7, 11) is 1.65. The third kappa shape index (κ3) is 4.28. The molecule has 0 atom stereocenters. The molecule has 2 rings (SSSR count). The maximum Gasteiger partial charge on any atom is 0.119 e. The highest BCUT2D eigenvalue weighted by Crippen LogP contribution is 2.26. The van der Waals surface area contributed by atoms with Crippen molar-refractivity contribution in [3.63, 3.8) is 0 Å². The van der Waals surface area contributed by atoms with E-state index in [1.54, 1.807) is 33.4 Å². The fourth-order valence-electron chi connectivity index (χ4n) is 1.92. The molecular weight excluding hydrogens is 266 g/mol. The Morgan fingerprint density at radius 2 is 1.76 bits per heavy atom. The lowest BCUT2D eigenvalue weighted by atomic mass is 9.97. The Kier molecular flexibility index (Phi) is 4.94. The highest BCUT2D eigenvalue weighted by atomic mass is 16.5. The number of aliphatic hydroxyl groups is 1. The van der Waals surface area contributed by atoms with Gasteiger partial charge < -0.3 is 14.6 Å². The zero-order valence-corrected chi connectivity index (χ0v) is 12.7. The van der Waals surface area contributed by atoms with Gasteiger partial charge in [0.25, 0.3) is 0 Å². The molecular formula is C17H21NO3. The number of hydrogen-bond acceptors (Lipinski definition) is 4. The van der Waals surface area contributed by atoms with Gasteiger partial charge in [-0.15, -0.1) is 0 Å². The van der Waals surface area contributed by atoms with Crippen molar-refractivity contribution in [3.05, 3.63) is 48.3 Å². The number of methoxy groups -OCH3 is 1. The van der Waals surface area contributed by atoms with Gasteiger partial charge in [0.2, 0.25) is 0 Å². The molecule has 0 radical (unpaired) electrons. The van der Waals surface area contributed by atoms with E-state index in [0.29, 0.717) is 13.2 Å². The van der Waals surface area contributed by atoms with Crippen molar-refractivity contribution < 1.29 is 14.6 Å². The van der Waals surface area contributed by atoms with Gasteiger partial charge in [0.15, 0.2) is 0 Å². The highest BCUT2D eigenvalue weighted by Gasteiger charge is 2.16. The van der Waals surface area contributed by atoms with Gasteiger partial charge in [0, 0.05) is 30.6 Å². The van der Waals surface area contributed by atoms with Crippen molar-refractivity contribution in [2.75, 3.05) is 20.3 Å². The molecule has 21 heavy (non-hydrogen) atoms. The fraction of sp³-hybridized carbons (Fsp3) is 0.353. The van der Waals surface area contributed by atoms with Gasteiger partial charge in [-0.05, 0) is 37.6 Å². The van der Waals surface area contributed by atoms with Crippen LogP contribution in [0.2, 0.25) is 0 Å². The minimum absolute atomic E-state index is 0.533. The lowest BCUT2D eigenvalue weighted by molar-refractivity contribution is 0.0783. The lowest BCUT2D eigenvalue weighted by Gasteiger charge is -2.18. The van der Waals surface area contributed by atoms with Crippen molar-refractivity contribution in [3.8, 4) is 16.9 Å². The van der Waals surface area contributed by atoms with Crippen LogP contribution >= 0.6 is 0 Å². The smallest absolute Gasteiger partial charge is 0.119 e. The second-order valence-corrected chi connectivity index (χ2v) is 5.39. The molecule has 112 valence electrons. The standard InChI is InChI=1S/C17H21NO3/c1-17(2,19)15-10-14(11-18-12-15)13-4-6-16(7-5-13)21-9-8-20-3/h4-7,10-12,19H,8-9H2,1-3H3. The van der Waals surface area contributed by atoms with E-state index in [-0.39, 0.29) is 0 Å². The molecule has 0 aliphatic rings. The molecule has 0 spiro atoms. The van der Waals surface area contributed by atoms with Gasteiger partial charge in [-0.2, -0.15) is 0 Å². The third-order valence-corrected chi connectivity index (χ3v) is 3.19. The minimum atomic E-state index is -0.897. The van der Waals surface area contributed by atoms with Crippen molar-refractivity contribution in [2.24, 2.45) is 0 Å². The Morgan fingerprint density at radius 3 is 2.38 bits per heavy atom. The number of nitrogens with zero attached hydrogens (tertiary/aromatic N) is 1. The van der Waals surface area contributed by atoms with Crippen molar-refractivity contribution in [2.45, 2.75) is 19.4 Å². The van der Waals surface area contributed by atoms with Crippen molar-refractivity contribution >= 4 is 0 Å². The average molecular weight is 287 g/mol. The first-order chi connectivity index (χ1) is 10.0. The van der Waals surface area contributed by atoms with E-state index in [1.165, 1.54) is 0 Å². The molecule has 0 unspecified atom stereocenters. The summed E-state index contributed by atoms with van der Waals surface area (Å²) in [4.78, 5) is 4.20. The van der Waals surface area contributed by atoms with E-state index in [9.17, 15) is 5.11 Å². The van der Waals surface area contributed by atoms with Gasteiger partial charge in [-0.3, -0.25) is 4.98 Å². The average Bonchev–Trinajstić information content (AvgIpc) is 2.47. The van der Waals surface area contributed by atoms with Crippen LogP contribution in [0.3, 0.4) is 0 Å². The van der Waals surface area contributed by atoms with Crippen LogP contribution in [0.5, 0.6) is 5.75 Å². The van der Waals surface area contributed by atoms with Gasteiger partial charge >= 0.3 is 0 Å². The fourth-order valence-corrected chi connectivity index (χ4v) is 1.92. The molecule has 4 heteroatoms. The molecule has 4 nitrogen and oxygen atoms in total. The van der Waals surface area contributed by atoms with E-state index in [2.05, 4.69) is 4.98 Å². The molecule has 2 aromatic rings. The molecule has 1 aromatic carbocycles. The number of pyridine rings is 1. The van der Waals surface area contributed by atoms with E-state index in [4.69, 9.17) is 9.47 Å². The molecule has 0 aliphatic heterocycles. The summed E-state index contributed by atoms with van der Waals surface area (Å²) in [5, 5.41) is 10.1. The summed E-state index contributed by atoms with van der Waals surface area (Å²) < 4.78 is 10.5. The summed E-state index contributed by atoms with van der Waals surface area (Å²) in [6, 6.07) is 9.75. The molecule has 0 aliphatic carbocycles. The van der Waals surface area contributed by atoms with Crippen LogP contribution in [-0.4, -0.2) is 30.4 Å². The summed E-state index contributed by atoms with van der Waals surface area (Å²) in [6.07, 6.45) is 3.47. The second-order valence-electron chi connectivity index (χ2n) is 5.39. The summed E-state index contributed by atoms with van der Waals surface area (Å²) >= 11 is 0. The first-order valence-corrected chi connectivity index (χ1v) is 6.91. The lowest BCUT2D eigenvalue weighted by Crippen LogP contribution is -2.15.